The summed E-state index contributed by atoms with van der Waals surface area (Å²) in [4.78, 5) is 0. The molecule has 2 nitrogen and oxygen atoms in total. The number of benzene rings is 1. The maximum atomic E-state index is 13.0. The van der Waals surface area contributed by atoms with Gasteiger partial charge in [-0.15, -0.1) is 0 Å². The molecule has 0 aliphatic rings. The SMILES string of the molecule is CCC(O)(CC)CNc1cc(F)ccc1Br. The molecule has 0 atom stereocenters. The Morgan fingerprint density at radius 3 is 2.56 bits per heavy atom. The number of halogens is 2. The van der Waals surface area contributed by atoms with Crippen LogP contribution in [0.25, 0.3) is 0 Å². The van der Waals surface area contributed by atoms with E-state index in [1.807, 2.05) is 13.8 Å². The molecule has 1 aromatic carbocycles. The van der Waals surface area contributed by atoms with Crippen LogP contribution in [0.15, 0.2) is 22.7 Å². The van der Waals surface area contributed by atoms with Crippen molar-refractivity contribution in [2.75, 3.05) is 11.9 Å². The molecule has 0 bridgehead atoms. The molecule has 0 amide bonds. The van der Waals surface area contributed by atoms with Crippen molar-refractivity contribution in [1.82, 2.24) is 0 Å². The summed E-state index contributed by atoms with van der Waals surface area (Å²) in [7, 11) is 0. The van der Waals surface area contributed by atoms with Gasteiger partial charge < -0.3 is 10.4 Å². The Hall–Kier alpha value is -0.610. The van der Waals surface area contributed by atoms with Gasteiger partial charge in [-0.3, -0.25) is 0 Å². The van der Waals surface area contributed by atoms with Gasteiger partial charge in [0.25, 0.3) is 0 Å². The van der Waals surface area contributed by atoms with Crippen molar-refractivity contribution in [1.29, 1.82) is 0 Å². The zero-order valence-electron chi connectivity index (χ0n) is 9.56. The van der Waals surface area contributed by atoms with Crippen molar-refractivity contribution >= 4 is 21.6 Å². The molecule has 4 heteroatoms. The average molecular weight is 290 g/mol. The summed E-state index contributed by atoms with van der Waals surface area (Å²) in [6.45, 7) is 4.29. The average Bonchev–Trinajstić information content (AvgIpc) is 2.30. The zero-order chi connectivity index (χ0) is 12.2. The molecule has 0 radical (unpaired) electrons. The molecule has 0 unspecified atom stereocenters. The van der Waals surface area contributed by atoms with E-state index >= 15 is 0 Å². The van der Waals surface area contributed by atoms with E-state index < -0.39 is 5.60 Å². The molecule has 0 aromatic heterocycles. The van der Waals surface area contributed by atoms with Crippen LogP contribution in [0.5, 0.6) is 0 Å². The highest BCUT2D eigenvalue weighted by molar-refractivity contribution is 9.10. The molecular formula is C12H17BrFNO. The van der Waals surface area contributed by atoms with Crippen molar-refractivity contribution in [3.63, 3.8) is 0 Å². The Bertz CT molecular complexity index is 353. The molecule has 1 rings (SSSR count). The summed E-state index contributed by atoms with van der Waals surface area (Å²) in [6.07, 6.45) is 1.34. The van der Waals surface area contributed by atoms with Gasteiger partial charge in [-0.05, 0) is 47.0 Å². The van der Waals surface area contributed by atoms with Crippen LogP contribution in [0, 0.1) is 5.82 Å². The van der Waals surface area contributed by atoms with Crippen molar-refractivity contribution in [3.8, 4) is 0 Å². The van der Waals surface area contributed by atoms with E-state index in [2.05, 4.69) is 21.2 Å². The van der Waals surface area contributed by atoms with Crippen LogP contribution >= 0.6 is 15.9 Å². The van der Waals surface area contributed by atoms with Gasteiger partial charge in [-0.1, -0.05) is 13.8 Å². The van der Waals surface area contributed by atoms with Gasteiger partial charge >= 0.3 is 0 Å². The fraction of sp³-hybridized carbons (Fsp3) is 0.500. The predicted octanol–water partition coefficient (Wildman–Crippen LogP) is 3.55. The molecule has 90 valence electrons. The molecule has 0 aliphatic carbocycles. The first kappa shape index (κ1) is 13.5. The van der Waals surface area contributed by atoms with Gasteiger partial charge in [0.1, 0.15) is 5.82 Å². The van der Waals surface area contributed by atoms with E-state index in [9.17, 15) is 9.50 Å². The van der Waals surface area contributed by atoms with Crippen molar-refractivity contribution < 1.29 is 9.50 Å². The fourth-order valence-corrected chi connectivity index (χ4v) is 1.78. The lowest BCUT2D eigenvalue weighted by Gasteiger charge is -2.26. The Labute approximate surface area is 104 Å². The fourth-order valence-electron chi connectivity index (χ4n) is 1.39. The van der Waals surface area contributed by atoms with E-state index in [1.165, 1.54) is 12.1 Å². The lowest BCUT2D eigenvalue weighted by molar-refractivity contribution is 0.0457. The third kappa shape index (κ3) is 3.46. The monoisotopic (exact) mass is 289 g/mol. The van der Waals surface area contributed by atoms with E-state index in [1.54, 1.807) is 6.07 Å². The summed E-state index contributed by atoms with van der Waals surface area (Å²) < 4.78 is 13.8. The smallest absolute Gasteiger partial charge is 0.125 e. The molecule has 16 heavy (non-hydrogen) atoms. The highest BCUT2D eigenvalue weighted by Crippen LogP contribution is 2.24. The number of hydrogen-bond acceptors (Lipinski definition) is 2. The lowest BCUT2D eigenvalue weighted by atomic mass is 9.97. The van der Waals surface area contributed by atoms with E-state index in [0.717, 1.165) is 4.47 Å². The highest BCUT2D eigenvalue weighted by Gasteiger charge is 2.21. The molecule has 2 N–H and O–H groups in total. The topological polar surface area (TPSA) is 32.3 Å². The van der Waals surface area contributed by atoms with Crippen LogP contribution in [0.1, 0.15) is 26.7 Å². The Balaban J connectivity index is 2.70. The summed E-state index contributed by atoms with van der Waals surface area (Å²) in [5.74, 6) is -0.290. The van der Waals surface area contributed by atoms with Crippen LogP contribution in [0.3, 0.4) is 0 Å². The Kier molecular flexibility index (Phi) is 4.74. The minimum absolute atomic E-state index is 0.290. The third-order valence-corrected chi connectivity index (χ3v) is 3.54. The number of aliphatic hydroxyl groups is 1. The molecule has 0 aliphatic heterocycles. The maximum absolute atomic E-state index is 13.0. The summed E-state index contributed by atoms with van der Waals surface area (Å²) >= 11 is 3.33. The van der Waals surface area contributed by atoms with Crippen molar-refractivity contribution in [3.05, 3.63) is 28.5 Å². The number of nitrogens with one attached hydrogen (secondary N) is 1. The Morgan fingerprint density at radius 2 is 2.00 bits per heavy atom. The summed E-state index contributed by atoms with van der Waals surface area (Å²) in [5, 5.41) is 13.1. The molecule has 0 fully saturated rings. The van der Waals surface area contributed by atoms with Gasteiger partial charge in [0.05, 0.1) is 11.3 Å². The molecule has 0 saturated carbocycles. The molecule has 0 spiro atoms. The second-order valence-corrected chi connectivity index (χ2v) is 4.76. The van der Waals surface area contributed by atoms with Gasteiger partial charge in [0.15, 0.2) is 0 Å². The molecule has 0 heterocycles. The van der Waals surface area contributed by atoms with Crippen molar-refractivity contribution in [2.45, 2.75) is 32.3 Å². The van der Waals surface area contributed by atoms with E-state index in [0.29, 0.717) is 25.1 Å². The van der Waals surface area contributed by atoms with E-state index in [4.69, 9.17) is 0 Å². The normalized spacial score (nSPS) is 11.6. The standard InChI is InChI=1S/C12H17BrFNO/c1-3-12(16,4-2)8-15-11-7-9(14)5-6-10(11)13/h5-7,15-16H,3-4,8H2,1-2H3. The van der Waals surface area contributed by atoms with Gasteiger partial charge in [0.2, 0.25) is 0 Å². The second-order valence-electron chi connectivity index (χ2n) is 3.91. The molecule has 0 saturated heterocycles. The zero-order valence-corrected chi connectivity index (χ0v) is 11.1. The highest BCUT2D eigenvalue weighted by atomic mass is 79.9. The van der Waals surface area contributed by atoms with Gasteiger partial charge in [-0.25, -0.2) is 4.39 Å². The van der Waals surface area contributed by atoms with Crippen molar-refractivity contribution in [2.24, 2.45) is 0 Å². The van der Waals surface area contributed by atoms with Crippen LogP contribution in [0.4, 0.5) is 10.1 Å². The first-order valence-corrected chi connectivity index (χ1v) is 6.21. The molecular weight excluding hydrogens is 273 g/mol. The lowest BCUT2D eigenvalue weighted by Crippen LogP contribution is -2.35. The summed E-state index contributed by atoms with van der Waals surface area (Å²) in [5.41, 5.74) is -0.0634. The second kappa shape index (κ2) is 5.64. The van der Waals surface area contributed by atoms with Crippen LogP contribution < -0.4 is 5.32 Å². The minimum atomic E-state index is -0.730. The van der Waals surface area contributed by atoms with Gasteiger partial charge in [0, 0.05) is 11.0 Å². The predicted molar refractivity (Wildman–Crippen MR) is 68.1 cm³/mol. The largest absolute Gasteiger partial charge is 0.388 e. The van der Waals surface area contributed by atoms with Crippen LogP contribution in [0.2, 0.25) is 0 Å². The number of rotatable bonds is 5. The van der Waals surface area contributed by atoms with Crippen LogP contribution in [-0.2, 0) is 0 Å². The minimum Gasteiger partial charge on any atom is -0.388 e. The first-order valence-electron chi connectivity index (χ1n) is 5.42. The Morgan fingerprint density at radius 1 is 1.38 bits per heavy atom. The quantitative estimate of drug-likeness (QED) is 0.869. The number of hydrogen-bond donors (Lipinski definition) is 2. The first-order chi connectivity index (χ1) is 7.50. The maximum Gasteiger partial charge on any atom is 0.125 e. The third-order valence-electron chi connectivity index (χ3n) is 2.85. The van der Waals surface area contributed by atoms with Crippen LogP contribution in [-0.4, -0.2) is 17.3 Å². The van der Waals surface area contributed by atoms with Gasteiger partial charge in [-0.2, -0.15) is 0 Å². The van der Waals surface area contributed by atoms with E-state index in [-0.39, 0.29) is 5.82 Å². The molecule has 1 aromatic rings. The number of anilines is 1. The summed E-state index contributed by atoms with van der Waals surface area (Å²) in [6, 6.07) is 4.45.